The average Bonchev–Trinajstić information content (AvgIpc) is 2.22. The molecule has 1 aromatic rings. The maximum Gasteiger partial charge on any atom is 0.0417 e. The number of thiol groups is 1. The first-order valence-electron chi connectivity index (χ1n) is 5.37. The van der Waals surface area contributed by atoms with E-state index in [2.05, 4.69) is 37.4 Å². The molecule has 0 aliphatic carbocycles. The molecule has 1 nitrogen and oxygen atoms in total. The Bertz CT molecular complexity index is 314. The summed E-state index contributed by atoms with van der Waals surface area (Å²) in [6, 6.07) is 5.90. The van der Waals surface area contributed by atoms with Gasteiger partial charge in [-0.3, -0.25) is 0 Å². The topological polar surface area (TPSA) is 3.24 Å². The number of halogens is 2. The van der Waals surface area contributed by atoms with Gasteiger partial charge in [0.25, 0.3) is 0 Å². The molecule has 0 saturated heterocycles. The molecule has 0 saturated carbocycles. The summed E-state index contributed by atoms with van der Waals surface area (Å²) in [6.45, 7) is 7.67. The predicted molar refractivity (Wildman–Crippen MR) is 77.4 cm³/mol. The summed E-state index contributed by atoms with van der Waals surface area (Å²) in [4.78, 5) is 3.40. The van der Waals surface area contributed by atoms with Gasteiger partial charge in [0.15, 0.2) is 0 Å². The van der Waals surface area contributed by atoms with Gasteiger partial charge in [0, 0.05) is 16.5 Å². The minimum atomic E-state index is 0. The van der Waals surface area contributed by atoms with Gasteiger partial charge >= 0.3 is 0 Å². The molecule has 0 aromatic heterocycles. The van der Waals surface area contributed by atoms with Crippen molar-refractivity contribution in [2.75, 3.05) is 19.6 Å². The lowest BCUT2D eigenvalue weighted by molar-refractivity contribution is 0.307. The molecule has 0 bridgehead atoms. The first-order valence-corrected chi connectivity index (χ1v) is 6.19. The van der Waals surface area contributed by atoms with Crippen LogP contribution in [0.1, 0.15) is 19.4 Å². The van der Waals surface area contributed by atoms with Gasteiger partial charge in [0.2, 0.25) is 0 Å². The van der Waals surface area contributed by atoms with E-state index >= 15 is 0 Å². The van der Waals surface area contributed by atoms with Crippen LogP contribution in [0.2, 0.25) is 5.02 Å². The van der Waals surface area contributed by atoms with Crippen LogP contribution in [0.25, 0.3) is 0 Å². The Balaban J connectivity index is 0.00000225. The number of hydrogen-bond acceptors (Lipinski definition) is 2. The fourth-order valence-electron chi connectivity index (χ4n) is 1.57. The van der Waals surface area contributed by atoms with Crippen molar-refractivity contribution >= 4 is 36.6 Å². The van der Waals surface area contributed by atoms with Crippen molar-refractivity contribution in [1.29, 1.82) is 0 Å². The molecule has 0 unspecified atom stereocenters. The zero-order chi connectivity index (χ0) is 11.3. The largest absolute Gasteiger partial charge is 0.304 e. The van der Waals surface area contributed by atoms with Crippen LogP contribution in [-0.2, 0) is 6.42 Å². The molecular formula is C12H19Cl2NS. The third-order valence-electron chi connectivity index (χ3n) is 2.64. The second kappa shape index (κ2) is 8.24. The number of hydrogen-bond donors (Lipinski definition) is 1. The molecule has 0 N–H and O–H groups in total. The highest BCUT2D eigenvalue weighted by molar-refractivity contribution is 7.80. The minimum absolute atomic E-state index is 0. The molecule has 0 radical (unpaired) electrons. The Hall–Kier alpha value is 0.110. The Morgan fingerprint density at radius 2 is 1.88 bits per heavy atom. The number of nitrogens with zero attached hydrogens (tertiary/aromatic N) is 1. The Morgan fingerprint density at radius 3 is 2.38 bits per heavy atom. The third kappa shape index (κ3) is 4.96. The Labute approximate surface area is 115 Å². The predicted octanol–water partition coefficient (Wildman–Crippen LogP) is 3.93. The van der Waals surface area contributed by atoms with E-state index in [4.69, 9.17) is 11.6 Å². The lowest BCUT2D eigenvalue weighted by Gasteiger charge is -2.18. The first kappa shape index (κ1) is 16.1. The van der Waals surface area contributed by atoms with Crippen LogP contribution in [0, 0.1) is 0 Å². The quantitative estimate of drug-likeness (QED) is 0.800. The number of likely N-dealkylation sites (N-methyl/N-ethyl adjacent to an activating group) is 1. The summed E-state index contributed by atoms with van der Waals surface area (Å²) in [6.07, 6.45) is 1.04. The van der Waals surface area contributed by atoms with Gasteiger partial charge in [-0.05, 0) is 37.2 Å². The molecule has 0 aliphatic rings. The van der Waals surface area contributed by atoms with Crippen LogP contribution >= 0.6 is 36.6 Å². The fourth-order valence-corrected chi connectivity index (χ4v) is 2.14. The molecule has 4 heteroatoms. The normalized spacial score (nSPS) is 10.3. The van der Waals surface area contributed by atoms with E-state index in [1.165, 1.54) is 5.56 Å². The molecule has 92 valence electrons. The van der Waals surface area contributed by atoms with Gasteiger partial charge < -0.3 is 4.90 Å². The highest BCUT2D eigenvalue weighted by Gasteiger charge is 2.03. The van der Waals surface area contributed by atoms with E-state index in [1.54, 1.807) is 0 Å². The van der Waals surface area contributed by atoms with Crippen LogP contribution < -0.4 is 0 Å². The van der Waals surface area contributed by atoms with E-state index in [0.29, 0.717) is 0 Å². The van der Waals surface area contributed by atoms with E-state index in [-0.39, 0.29) is 12.4 Å². The fraction of sp³-hybridized carbons (Fsp3) is 0.500. The van der Waals surface area contributed by atoms with Crippen molar-refractivity contribution in [3.63, 3.8) is 0 Å². The van der Waals surface area contributed by atoms with Crippen LogP contribution in [-0.4, -0.2) is 24.5 Å². The van der Waals surface area contributed by atoms with Crippen molar-refractivity contribution in [2.24, 2.45) is 0 Å². The van der Waals surface area contributed by atoms with Crippen LogP contribution in [0.4, 0.5) is 0 Å². The summed E-state index contributed by atoms with van der Waals surface area (Å²) in [5.41, 5.74) is 1.27. The van der Waals surface area contributed by atoms with E-state index < -0.39 is 0 Å². The zero-order valence-corrected chi connectivity index (χ0v) is 12.2. The lowest BCUT2D eigenvalue weighted by atomic mass is 10.1. The number of benzene rings is 1. The molecule has 1 aromatic carbocycles. The zero-order valence-electron chi connectivity index (χ0n) is 9.74. The average molecular weight is 280 g/mol. The molecule has 1 rings (SSSR count). The van der Waals surface area contributed by atoms with Gasteiger partial charge in [0.05, 0.1) is 0 Å². The molecule has 0 atom stereocenters. The summed E-state index contributed by atoms with van der Waals surface area (Å²) in [5.74, 6) is 0. The van der Waals surface area contributed by atoms with Crippen molar-refractivity contribution in [1.82, 2.24) is 4.90 Å². The summed E-state index contributed by atoms with van der Waals surface area (Å²) < 4.78 is 0. The van der Waals surface area contributed by atoms with Crippen LogP contribution in [0.15, 0.2) is 23.1 Å². The summed E-state index contributed by atoms with van der Waals surface area (Å²) >= 11 is 10.3. The third-order valence-corrected chi connectivity index (χ3v) is 3.29. The van der Waals surface area contributed by atoms with Crippen LogP contribution in [0.5, 0.6) is 0 Å². The van der Waals surface area contributed by atoms with Crippen molar-refractivity contribution in [3.05, 3.63) is 28.8 Å². The second-order valence-electron chi connectivity index (χ2n) is 3.55. The van der Waals surface area contributed by atoms with E-state index in [0.717, 1.165) is 36.0 Å². The van der Waals surface area contributed by atoms with Gasteiger partial charge in [-0.15, -0.1) is 25.0 Å². The van der Waals surface area contributed by atoms with Crippen molar-refractivity contribution in [2.45, 2.75) is 25.2 Å². The smallest absolute Gasteiger partial charge is 0.0417 e. The lowest BCUT2D eigenvalue weighted by Crippen LogP contribution is -2.25. The standard InChI is InChI=1S/C12H18ClNS.ClH/c1-3-14(4-2)8-7-10-5-6-11(13)9-12(10)15;/h5-6,9,15H,3-4,7-8H2,1-2H3;1H. The maximum atomic E-state index is 5.87. The Morgan fingerprint density at radius 1 is 1.25 bits per heavy atom. The van der Waals surface area contributed by atoms with Gasteiger partial charge in [-0.1, -0.05) is 31.5 Å². The van der Waals surface area contributed by atoms with Crippen molar-refractivity contribution in [3.8, 4) is 0 Å². The van der Waals surface area contributed by atoms with Gasteiger partial charge in [0.1, 0.15) is 0 Å². The molecule has 0 fully saturated rings. The highest BCUT2D eigenvalue weighted by atomic mass is 35.5. The van der Waals surface area contributed by atoms with E-state index in [1.807, 2.05) is 12.1 Å². The minimum Gasteiger partial charge on any atom is -0.304 e. The maximum absolute atomic E-state index is 5.87. The van der Waals surface area contributed by atoms with Gasteiger partial charge in [-0.2, -0.15) is 0 Å². The second-order valence-corrected chi connectivity index (χ2v) is 4.47. The molecule has 0 amide bonds. The molecular weight excluding hydrogens is 261 g/mol. The monoisotopic (exact) mass is 279 g/mol. The summed E-state index contributed by atoms with van der Waals surface area (Å²) in [7, 11) is 0. The Kier molecular flexibility index (Phi) is 8.29. The first-order chi connectivity index (χ1) is 7.17. The molecule has 0 aliphatic heterocycles. The van der Waals surface area contributed by atoms with Gasteiger partial charge in [-0.25, -0.2) is 0 Å². The summed E-state index contributed by atoms with van der Waals surface area (Å²) in [5, 5.41) is 0.756. The highest BCUT2D eigenvalue weighted by Crippen LogP contribution is 2.19. The number of rotatable bonds is 5. The SMILES string of the molecule is CCN(CC)CCc1ccc(Cl)cc1S.Cl. The molecule has 0 heterocycles. The molecule has 16 heavy (non-hydrogen) atoms. The van der Waals surface area contributed by atoms with Crippen LogP contribution in [0.3, 0.4) is 0 Å². The molecule has 0 spiro atoms. The van der Waals surface area contributed by atoms with E-state index in [9.17, 15) is 0 Å². The van der Waals surface area contributed by atoms with Crippen molar-refractivity contribution < 1.29 is 0 Å².